The third kappa shape index (κ3) is 2.66. The van der Waals surface area contributed by atoms with Gasteiger partial charge in [-0.25, -0.2) is 4.39 Å². The quantitative estimate of drug-likeness (QED) is 0.859. The second-order valence-corrected chi connectivity index (χ2v) is 4.19. The van der Waals surface area contributed by atoms with E-state index in [0.29, 0.717) is 5.56 Å². The van der Waals surface area contributed by atoms with Crippen molar-refractivity contribution in [2.75, 3.05) is 0 Å². The van der Waals surface area contributed by atoms with Crippen molar-refractivity contribution >= 4 is 0 Å². The molecule has 18 heavy (non-hydrogen) atoms. The Hall–Kier alpha value is -1.93. The Kier molecular flexibility index (Phi) is 3.90. The Balaban J connectivity index is 2.35. The van der Waals surface area contributed by atoms with Crippen molar-refractivity contribution in [1.29, 1.82) is 0 Å². The highest BCUT2D eigenvalue weighted by Gasteiger charge is 2.25. The van der Waals surface area contributed by atoms with Crippen LogP contribution in [-0.2, 0) is 0 Å². The van der Waals surface area contributed by atoms with Crippen LogP contribution in [0.25, 0.3) is 0 Å². The molecule has 2 aromatic rings. The van der Waals surface area contributed by atoms with Crippen molar-refractivity contribution in [2.24, 2.45) is 0 Å². The van der Waals surface area contributed by atoms with E-state index in [-0.39, 0.29) is 0 Å². The molecular weight excluding hydrogens is 227 g/mol. The fraction of sp³-hybridized carbons (Fsp3) is 0.125. The highest BCUT2D eigenvalue weighted by atomic mass is 19.1. The average Bonchev–Trinajstić information content (AvgIpc) is 2.40. The van der Waals surface area contributed by atoms with Crippen LogP contribution < -0.4 is 0 Å². The highest BCUT2D eigenvalue weighted by molar-refractivity contribution is 5.31. The number of halogens is 1. The van der Waals surface area contributed by atoms with Crippen LogP contribution in [0.1, 0.15) is 23.1 Å². The standard InChI is InChI=1S/C16H15FO/c1-12(17)15(13-8-4-2-5-9-13)16(18)14-10-6-3-7-11-14/h2-11,15-16,18H,1H2. The fourth-order valence-corrected chi connectivity index (χ4v) is 2.04. The lowest BCUT2D eigenvalue weighted by molar-refractivity contribution is 0.148. The average molecular weight is 242 g/mol. The van der Waals surface area contributed by atoms with E-state index in [4.69, 9.17) is 0 Å². The predicted molar refractivity (Wildman–Crippen MR) is 70.8 cm³/mol. The second kappa shape index (κ2) is 5.61. The first kappa shape index (κ1) is 12.5. The highest BCUT2D eigenvalue weighted by Crippen LogP contribution is 2.36. The van der Waals surface area contributed by atoms with E-state index in [1.807, 2.05) is 36.4 Å². The van der Waals surface area contributed by atoms with Gasteiger partial charge in [-0.3, -0.25) is 0 Å². The first-order valence-corrected chi connectivity index (χ1v) is 5.82. The van der Waals surface area contributed by atoms with Gasteiger partial charge in [-0.05, 0) is 11.1 Å². The Labute approximate surface area is 106 Å². The van der Waals surface area contributed by atoms with E-state index >= 15 is 0 Å². The maximum Gasteiger partial charge on any atom is 0.103 e. The van der Waals surface area contributed by atoms with Gasteiger partial charge >= 0.3 is 0 Å². The van der Waals surface area contributed by atoms with E-state index in [1.165, 1.54) is 0 Å². The number of benzene rings is 2. The van der Waals surface area contributed by atoms with E-state index in [0.717, 1.165) is 5.56 Å². The van der Waals surface area contributed by atoms with E-state index in [1.54, 1.807) is 24.3 Å². The van der Waals surface area contributed by atoms with Crippen LogP contribution in [0, 0.1) is 0 Å². The molecule has 0 heterocycles. The molecule has 0 bridgehead atoms. The van der Waals surface area contributed by atoms with Gasteiger partial charge in [-0.1, -0.05) is 67.2 Å². The van der Waals surface area contributed by atoms with Gasteiger partial charge in [0.05, 0.1) is 12.0 Å². The summed E-state index contributed by atoms with van der Waals surface area (Å²) in [4.78, 5) is 0. The molecule has 0 saturated heterocycles. The van der Waals surface area contributed by atoms with Gasteiger partial charge in [0.25, 0.3) is 0 Å². The van der Waals surface area contributed by atoms with Gasteiger partial charge < -0.3 is 5.11 Å². The van der Waals surface area contributed by atoms with Gasteiger partial charge in [-0.2, -0.15) is 0 Å². The molecule has 0 spiro atoms. The van der Waals surface area contributed by atoms with Crippen LogP contribution in [0.3, 0.4) is 0 Å². The van der Waals surface area contributed by atoms with Gasteiger partial charge in [0.1, 0.15) is 5.83 Å². The van der Waals surface area contributed by atoms with Gasteiger partial charge in [-0.15, -0.1) is 0 Å². The summed E-state index contributed by atoms with van der Waals surface area (Å²) >= 11 is 0. The van der Waals surface area contributed by atoms with Crippen LogP contribution in [0.4, 0.5) is 4.39 Å². The normalized spacial score (nSPS) is 13.9. The summed E-state index contributed by atoms with van der Waals surface area (Å²) in [7, 11) is 0. The molecule has 92 valence electrons. The summed E-state index contributed by atoms with van der Waals surface area (Å²) in [5.41, 5.74) is 1.41. The number of hydrogen-bond donors (Lipinski definition) is 1. The van der Waals surface area contributed by atoms with Crippen molar-refractivity contribution in [1.82, 2.24) is 0 Å². The summed E-state index contributed by atoms with van der Waals surface area (Å²) in [5.74, 6) is -1.26. The molecule has 2 atom stereocenters. The molecule has 0 fully saturated rings. The zero-order valence-electron chi connectivity index (χ0n) is 9.96. The van der Waals surface area contributed by atoms with Crippen molar-refractivity contribution in [3.63, 3.8) is 0 Å². The molecule has 1 nitrogen and oxygen atoms in total. The second-order valence-electron chi connectivity index (χ2n) is 4.19. The maximum atomic E-state index is 13.6. The van der Waals surface area contributed by atoms with Crippen LogP contribution in [-0.4, -0.2) is 5.11 Å². The number of hydrogen-bond acceptors (Lipinski definition) is 1. The van der Waals surface area contributed by atoms with Crippen LogP contribution >= 0.6 is 0 Å². The smallest absolute Gasteiger partial charge is 0.103 e. The SMILES string of the molecule is C=C(F)C(c1ccccc1)C(O)c1ccccc1. The molecule has 0 aliphatic rings. The molecule has 2 unspecified atom stereocenters. The molecule has 0 aromatic heterocycles. The monoisotopic (exact) mass is 242 g/mol. The molecule has 2 rings (SSSR count). The third-order valence-corrected chi connectivity index (χ3v) is 2.95. The first-order valence-electron chi connectivity index (χ1n) is 5.82. The molecule has 0 amide bonds. The van der Waals surface area contributed by atoms with Crippen LogP contribution in [0.15, 0.2) is 73.1 Å². The van der Waals surface area contributed by atoms with Crippen LogP contribution in [0.5, 0.6) is 0 Å². The van der Waals surface area contributed by atoms with Crippen molar-refractivity contribution in [3.8, 4) is 0 Å². The lowest BCUT2D eigenvalue weighted by atomic mass is 9.88. The molecule has 1 N–H and O–H groups in total. The van der Waals surface area contributed by atoms with Crippen molar-refractivity contribution in [2.45, 2.75) is 12.0 Å². The third-order valence-electron chi connectivity index (χ3n) is 2.95. The molecule has 0 radical (unpaired) electrons. The largest absolute Gasteiger partial charge is 0.387 e. The Morgan fingerprint density at radius 3 is 1.78 bits per heavy atom. The minimum Gasteiger partial charge on any atom is -0.387 e. The molecule has 0 saturated carbocycles. The van der Waals surface area contributed by atoms with Crippen molar-refractivity contribution < 1.29 is 9.50 Å². The molecule has 0 aliphatic carbocycles. The zero-order chi connectivity index (χ0) is 13.0. The minimum atomic E-state index is -0.925. The number of aliphatic hydroxyl groups is 1. The first-order chi connectivity index (χ1) is 8.70. The van der Waals surface area contributed by atoms with Gasteiger partial charge in [0, 0.05) is 0 Å². The number of aliphatic hydroxyl groups excluding tert-OH is 1. The maximum absolute atomic E-state index is 13.6. The summed E-state index contributed by atoms with van der Waals surface area (Å²) < 4.78 is 13.6. The Bertz CT molecular complexity index is 507. The lowest BCUT2D eigenvalue weighted by Gasteiger charge is -2.22. The summed E-state index contributed by atoms with van der Waals surface area (Å²) in [6.07, 6.45) is -0.925. The lowest BCUT2D eigenvalue weighted by Crippen LogP contribution is -2.11. The molecule has 2 heteroatoms. The summed E-state index contributed by atoms with van der Waals surface area (Å²) in [5, 5.41) is 10.3. The zero-order valence-corrected chi connectivity index (χ0v) is 9.96. The van der Waals surface area contributed by atoms with Crippen molar-refractivity contribution in [3.05, 3.63) is 84.2 Å². The predicted octanol–water partition coefficient (Wildman–Crippen LogP) is 3.99. The van der Waals surface area contributed by atoms with Crippen LogP contribution in [0.2, 0.25) is 0 Å². The van der Waals surface area contributed by atoms with E-state index < -0.39 is 17.8 Å². The Morgan fingerprint density at radius 1 is 0.889 bits per heavy atom. The van der Waals surface area contributed by atoms with E-state index in [9.17, 15) is 9.50 Å². The van der Waals surface area contributed by atoms with E-state index in [2.05, 4.69) is 6.58 Å². The number of rotatable bonds is 4. The molecule has 2 aromatic carbocycles. The molecular formula is C16H15FO. The van der Waals surface area contributed by atoms with Gasteiger partial charge in [0.2, 0.25) is 0 Å². The molecule has 0 aliphatic heterocycles. The summed E-state index contributed by atoms with van der Waals surface area (Å²) in [6.45, 7) is 3.35. The van der Waals surface area contributed by atoms with Gasteiger partial charge in [0.15, 0.2) is 0 Å². The summed E-state index contributed by atoms with van der Waals surface area (Å²) in [6, 6.07) is 18.2. The minimum absolute atomic E-state index is 0.530. The topological polar surface area (TPSA) is 20.2 Å². The fourth-order valence-electron chi connectivity index (χ4n) is 2.04. The Morgan fingerprint density at radius 2 is 1.33 bits per heavy atom.